The number of aliphatic carboxylic acids is 1. The van der Waals surface area contributed by atoms with Crippen LogP contribution in [0.1, 0.15) is 5.56 Å². The average molecular weight is 346 g/mol. The van der Waals surface area contributed by atoms with Gasteiger partial charge in [0.05, 0.1) is 6.42 Å². The van der Waals surface area contributed by atoms with Crippen molar-refractivity contribution in [1.29, 1.82) is 0 Å². The normalized spacial score (nSPS) is 11.2. The number of hydrogen-bond donors (Lipinski definition) is 1. The maximum absolute atomic E-state index is 12.0. The SMILES string of the molecule is O=C(O)Cc1ccc(I)cc1OC(F)(F)F. The van der Waals surface area contributed by atoms with E-state index in [1.54, 1.807) is 0 Å². The first-order chi connectivity index (χ1) is 7.28. The maximum Gasteiger partial charge on any atom is 0.573 e. The van der Waals surface area contributed by atoms with E-state index in [-0.39, 0.29) is 5.56 Å². The fourth-order valence-corrected chi connectivity index (χ4v) is 1.52. The number of carboxylic acid groups (broad SMARTS) is 1. The average Bonchev–Trinajstić information content (AvgIpc) is 2.06. The number of rotatable bonds is 3. The molecule has 1 N–H and O–H groups in total. The van der Waals surface area contributed by atoms with Gasteiger partial charge >= 0.3 is 12.3 Å². The van der Waals surface area contributed by atoms with Gasteiger partial charge < -0.3 is 9.84 Å². The van der Waals surface area contributed by atoms with Crippen LogP contribution in [0.5, 0.6) is 5.75 Å². The van der Waals surface area contributed by atoms with Gasteiger partial charge in [-0.25, -0.2) is 0 Å². The van der Waals surface area contributed by atoms with Crippen LogP contribution in [0.3, 0.4) is 0 Å². The van der Waals surface area contributed by atoms with Gasteiger partial charge in [0.2, 0.25) is 0 Å². The van der Waals surface area contributed by atoms with Crippen molar-refractivity contribution >= 4 is 28.6 Å². The number of carbonyl (C=O) groups is 1. The molecule has 1 aromatic carbocycles. The molecule has 0 spiro atoms. The molecule has 88 valence electrons. The highest BCUT2D eigenvalue weighted by Crippen LogP contribution is 2.28. The third kappa shape index (κ3) is 4.25. The molecule has 7 heteroatoms. The molecule has 0 unspecified atom stereocenters. The van der Waals surface area contributed by atoms with E-state index in [2.05, 4.69) is 4.74 Å². The molecule has 0 heterocycles. The van der Waals surface area contributed by atoms with Crippen LogP contribution in [0.25, 0.3) is 0 Å². The van der Waals surface area contributed by atoms with Gasteiger partial charge in [-0.05, 0) is 34.7 Å². The largest absolute Gasteiger partial charge is 0.573 e. The number of carboxylic acids is 1. The lowest BCUT2D eigenvalue weighted by atomic mass is 10.1. The summed E-state index contributed by atoms with van der Waals surface area (Å²) < 4.78 is 40.3. The van der Waals surface area contributed by atoms with Gasteiger partial charge in [-0.15, -0.1) is 13.2 Å². The van der Waals surface area contributed by atoms with Gasteiger partial charge in [0, 0.05) is 9.13 Å². The monoisotopic (exact) mass is 346 g/mol. The minimum Gasteiger partial charge on any atom is -0.481 e. The molecule has 1 rings (SSSR count). The van der Waals surface area contributed by atoms with E-state index in [1.165, 1.54) is 12.1 Å². The van der Waals surface area contributed by atoms with Crippen molar-refractivity contribution in [2.24, 2.45) is 0 Å². The topological polar surface area (TPSA) is 46.5 Å². The van der Waals surface area contributed by atoms with Crippen LogP contribution >= 0.6 is 22.6 Å². The van der Waals surface area contributed by atoms with Gasteiger partial charge in [0.25, 0.3) is 0 Å². The Kier molecular flexibility index (Phi) is 4.00. The standard InChI is InChI=1S/C9H6F3IO3/c10-9(11,12)16-7-4-6(13)2-1-5(7)3-8(14)15/h1-2,4H,3H2,(H,14,15). The van der Waals surface area contributed by atoms with Crippen molar-refractivity contribution in [2.45, 2.75) is 12.8 Å². The predicted molar refractivity (Wildman–Crippen MR) is 57.2 cm³/mol. The molecular weight excluding hydrogens is 340 g/mol. The first-order valence-corrected chi connectivity index (χ1v) is 5.12. The first-order valence-electron chi connectivity index (χ1n) is 4.04. The second kappa shape index (κ2) is 4.89. The molecular formula is C9H6F3IO3. The quantitative estimate of drug-likeness (QED) is 0.857. The zero-order valence-corrected chi connectivity index (χ0v) is 9.87. The molecule has 0 saturated heterocycles. The van der Waals surface area contributed by atoms with E-state index < -0.39 is 24.5 Å². The lowest BCUT2D eigenvalue weighted by molar-refractivity contribution is -0.275. The molecule has 0 radical (unpaired) electrons. The third-order valence-corrected chi connectivity index (χ3v) is 2.27. The molecule has 0 aliphatic rings. The molecule has 1 aromatic rings. The summed E-state index contributed by atoms with van der Waals surface area (Å²) in [6.45, 7) is 0. The summed E-state index contributed by atoms with van der Waals surface area (Å²) in [5.74, 6) is -1.69. The minimum atomic E-state index is -4.82. The number of alkyl halides is 3. The highest BCUT2D eigenvalue weighted by Gasteiger charge is 2.32. The second-order valence-corrected chi connectivity index (χ2v) is 4.12. The summed E-state index contributed by atoms with van der Waals surface area (Å²) in [6, 6.07) is 3.96. The highest BCUT2D eigenvalue weighted by atomic mass is 127. The van der Waals surface area contributed by atoms with Gasteiger partial charge in [-0.2, -0.15) is 0 Å². The number of ether oxygens (including phenoxy) is 1. The smallest absolute Gasteiger partial charge is 0.481 e. The molecule has 0 amide bonds. The Bertz CT molecular complexity index is 403. The molecule has 0 fully saturated rings. The van der Waals surface area contributed by atoms with E-state index in [0.29, 0.717) is 3.57 Å². The molecule has 3 nitrogen and oxygen atoms in total. The highest BCUT2D eigenvalue weighted by molar-refractivity contribution is 14.1. The summed E-state index contributed by atoms with van der Waals surface area (Å²) in [6.07, 6.45) is -5.33. The van der Waals surface area contributed by atoms with Crippen molar-refractivity contribution in [3.05, 3.63) is 27.3 Å². The van der Waals surface area contributed by atoms with Crippen LogP contribution in [0.2, 0.25) is 0 Å². The van der Waals surface area contributed by atoms with E-state index in [0.717, 1.165) is 6.07 Å². The lowest BCUT2D eigenvalue weighted by Crippen LogP contribution is -2.18. The van der Waals surface area contributed by atoms with Crippen LogP contribution < -0.4 is 4.74 Å². The third-order valence-electron chi connectivity index (χ3n) is 1.60. The fraction of sp³-hybridized carbons (Fsp3) is 0.222. The number of hydrogen-bond acceptors (Lipinski definition) is 2. The Morgan fingerprint density at radius 1 is 1.44 bits per heavy atom. The van der Waals surface area contributed by atoms with E-state index in [9.17, 15) is 18.0 Å². The predicted octanol–water partition coefficient (Wildman–Crippen LogP) is 2.82. The van der Waals surface area contributed by atoms with E-state index in [1.807, 2.05) is 22.6 Å². The van der Waals surface area contributed by atoms with Gasteiger partial charge in [-0.3, -0.25) is 4.79 Å². The summed E-state index contributed by atoms with van der Waals surface area (Å²) in [5, 5.41) is 8.52. The summed E-state index contributed by atoms with van der Waals surface area (Å²) in [7, 11) is 0. The Labute approximate surface area is 102 Å². The van der Waals surface area contributed by atoms with Crippen LogP contribution in [-0.2, 0) is 11.2 Å². The van der Waals surface area contributed by atoms with Crippen LogP contribution in [0, 0.1) is 3.57 Å². The van der Waals surface area contributed by atoms with Crippen molar-refractivity contribution in [3.8, 4) is 5.75 Å². The molecule has 0 aliphatic heterocycles. The molecule has 0 saturated carbocycles. The zero-order valence-electron chi connectivity index (χ0n) is 7.71. The second-order valence-electron chi connectivity index (χ2n) is 2.87. The Morgan fingerprint density at radius 3 is 2.56 bits per heavy atom. The first kappa shape index (κ1) is 13.1. The van der Waals surface area contributed by atoms with Crippen molar-refractivity contribution < 1.29 is 27.8 Å². The number of halogens is 4. The zero-order chi connectivity index (χ0) is 12.3. The fourth-order valence-electron chi connectivity index (χ4n) is 1.06. The Hall–Kier alpha value is -0.990. The summed E-state index contributed by atoms with van der Waals surface area (Å²) in [5.41, 5.74) is -0.00904. The van der Waals surface area contributed by atoms with E-state index in [4.69, 9.17) is 5.11 Å². The molecule has 0 aliphatic carbocycles. The summed E-state index contributed by atoms with van der Waals surface area (Å²) in [4.78, 5) is 10.4. The van der Waals surface area contributed by atoms with Crippen molar-refractivity contribution in [1.82, 2.24) is 0 Å². The molecule has 0 aromatic heterocycles. The Morgan fingerprint density at radius 2 is 2.06 bits per heavy atom. The van der Waals surface area contributed by atoms with Crippen molar-refractivity contribution in [3.63, 3.8) is 0 Å². The van der Waals surface area contributed by atoms with Gasteiger partial charge in [0.15, 0.2) is 0 Å². The lowest BCUT2D eigenvalue weighted by Gasteiger charge is -2.12. The van der Waals surface area contributed by atoms with Crippen LogP contribution in [0.4, 0.5) is 13.2 Å². The van der Waals surface area contributed by atoms with Crippen LogP contribution in [0.15, 0.2) is 18.2 Å². The summed E-state index contributed by atoms with van der Waals surface area (Å²) >= 11 is 1.81. The van der Waals surface area contributed by atoms with Crippen molar-refractivity contribution in [2.75, 3.05) is 0 Å². The van der Waals surface area contributed by atoms with E-state index >= 15 is 0 Å². The maximum atomic E-state index is 12.0. The minimum absolute atomic E-state index is 0.00904. The molecule has 0 atom stereocenters. The van der Waals surface area contributed by atoms with Gasteiger partial charge in [0.1, 0.15) is 5.75 Å². The Balaban J connectivity index is 3.03. The molecule has 0 bridgehead atoms. The van der Waals surface area contributed by atoms with Gasteiger partial charge in [-0.1, -0.05) is 6.07 Å². The molecule has 16 heavy (non-hydrogen) atoms. The van der Waals surface area contributed by atoms with Crippen LogP contribution in [-0.4, -0.2) is 17.4 Å². The number of benzene rings is 1.